The highest BCUT2D eigenvalue weighted by Crippen LogP contribution is 2.45. The number of hydrogen-bond acceptors (Lipinski definition) is 15. The lowest BCUT2D eigenvalue weighted by atomic mass is 10.1. The first-order valence-electron chi connectivity index (χ1n) is 40.4. The number of aldehydes is 1. The average Bonchev–Trinajstić information content (AvgIpc) is 0.917. The number of allylic oxidation sites excluding steroid dienone is 22. The molecule has 5 atom stereocenters. The van der Waals surface area contributed by atoms with Crippen molar-refractivity contribution in [1.29, 1.82) is 0 Å². The van der Waals surface area contributed by atoms with Gasteiger partial charge in [-0.15, -0.1) is 0 Å². The molecule has 0 aromatic carbocycles. The maximum absolute atomic E-state index is 13.1. The summed E-state index contributed by atoms with van der Waals surface area (Å²) in [5, 5.41) is 10.6. The van der Waals surface area contributed by atoms with Crippen LogP contribution < -0.4 is 0 Å². The number of aliphatic hydroxyl groups is 1. The van der Waals surface area contributed by atoms with E-state index in [-0.39, 0.29) is 25.9 Å². The van der Waals surface area contributed by atoms with Crippen LogP contribution in [0.1, 0.15) is 316 Å². The number of carbonyl (C=O) groups excluding carboxylic acids is 4. The summed E-state index contributed by atoms with van der Waals surface area (Å²) in [6.45, 7) is 3.42. The molecule has 596 valence electrons. The molecule has 3 N–H and O–H groups in total. The van der Waals surface area contributed by atoms with Gasteiger partial charge < -0.3 is 38.6 Å². The molecule has 0 rings (SSSR count). The van der Waals surface area contributed by atoms with Gasteiger partial charge in [0.15, 0.2) is 6.10 Å². The second-order valence-corrected chi connectivity index (χ2v) is 29.5. The molecule has 0 saturated carbocycles. The van der Waals surface area contributed by atoms with Crippen molar-refractivity contribution in [3.8, 4) is 0 Å². The van der Waals surface area contributed by atoms with Crippen LogP contribution >= 0.6 is 15.6 Å². The van der Waals surface area contributed by atoms with Gasteiger partial charge in [-0.2, -0.15) is 0 Å². The van der Waals surface area contributed by atoms with E-state index in [9.17, 15) is 43.2 Å². The molecule has 0 aromatic heterocycles. The molecule has 2 unspecified atom stereocenters. The quantitative estimate of drug-likeness (QED) is 0.0128. The Morgan fingerprint density at radius 1 is 0.308 bits per heavy atom. The lowest BCUT2D eigenvalue weighted by Gasteiger charge is -2.21. The minimum absolute atomic E-state index is 0.0731. The molecule has 0 aliphatic carbocycles. The number of phosphoric ester groups is 2. The molecule has 0 fully saturated rings. The fourth-order valence-electron chi connectivity index (χ4n) is 10.4. The highest BCUT2D eigenvalue weighted by Gasteiger charge is 2.30. The predicted octanol–water partition coefficient (Wildman–Crippen LogP) is 23.3. The molecule has 0 aliphatic rings. The number of aliphatic hydroxyl groups excluding tert-OH is 1. The highest BCUT2D eigenvalue weighted by molar-refractivity contribution is 7.47. The van der Waals surface area contributed by atoms with Crippen molar-refractivity contribution < 1.29 is 80.2 Å². The van der Waals surface area contributed by atoms with Crippen LogP contribution in [-0.4, -0.2) is 104 Å². The van der Waals surface area contributed by atoms with Crippen LogP contribution in [0, 0.1) is 0 Å². The Balaban J connectivity index is 5.41. The van der Waals surface area contributed by atoms with Gasteiger partial charge in [-0.1, -0.05) is 257 Å². The van der Waals surface area contributed by atoms with Crippen molar-refractivity contribution in [1.82, 2.24) is 0 Å². The molecular weight excluding hydrogens is 1350 g/mol. The smallest absolute Gasteiger partial charge is 0.462 e. The molecule has 0 saturated heterocycles. The fraction of sp³-hybridized carbons (Fsp3) is 0.694. The fourth-order valence-corrected chi connectivity index (χ4v) is 12.0. The average molecular weight is 1500 g/mol. The molecule has 0 spiro atoms. The van der Waals surface area contributed by atoms with Gasteiger partial charge in [0, 0.05) is 32.3 Å². The normalized spacial score (nSPS) is 14.6. The monoisotopic (exact) mass is 1500 g/mol. The van der Waals surface area contributed by atoms with Gasteiger partial charge in [0.1, 0.15) is 25.1 Å². The van der Waals surface area contributed by atoms with Gasteiger partial charge in [-0.05, 0) is 167 Å². The molecule has 0 aromatic rings. The summed E-state index contributed by atoms with van der Waals surface area (Å²) in [6.07, 6.45) is 87.8. The third-order valence-electron chi connectivity index (χ3n) is 16.6. The summed E-state index contributed by atoms with van der Waals surface area (Å²) in [5.41, 5.74) is 0. The highest BCUT2D eigenvalue weighted by atomic mass is 31.2. The van der Waals surface area contributed by atoms with Crippen molar-refractivity contribution in [2.24, 2.45) is 0 Å². The van der Waals surface area contributed by atoms with Gasteiger partial charge in [0.2, 0.25) is 0 Å². The van der Waals surface area contributed by atoms with E-state index in [1.807, 2.05) is 18.2 Å². The summed E-state index contributed by atoms with van der Waals surface area (Å²) in [5.74, 6) is -1.68. The van der Waals surface area contributed by atoms with Crippen LogP contribution in [0.2, 0.25) is 0 Å². The van der Waals surface area contributed by atoms with Crippen molar-refractivity contribution >= 4 is 39.8 Å². The molecule has 0 radical (unpaired) electrons. The Morgan fingerprint density at radius 2 is 0.577 bits per heavy atom. The summed E-state index contributed by atoms with van der Waals surface area (Å²) < 4.78 is 69.2. The Morgan fingerprint density at radius 3 is 0.942 bits per heavy atom. The van der Waals surface area contributed by atoms with E-state index in [4.69, 9.17) is 37.0 Å². The Labute approximate surface area is 631 Å². The Hall–Kier alpha value is -4.64. The van der Waals surface area contributed by atoms with Crippen LogP contribution in [0.15, 0.2) is 134 Å². The molecule has 0 amide bonds. The van der Waals surface area contributed by atoms with E-state index in [2.05, 4.69) is 136 Å². The van der Waals surface area contributed by atoms with Gasteiger partial charge in [-0.3, -0.25) is 32.5 Å². The van der Waals surface area contributed by atoms with Crippen LogP contribution in [0.25, 0.3) is 0 Å². The number of unbranched alkanes of at least 4 members (excludes halogenated alkanes) is 28. The standard InChI is InChI=1S/C85H144O17P2/c1-4-7-10-13-16-19-22-25-28-30-35-39-44-49-54-59-64-69-83(88)96-77-82(102-85(90)71-66-61-56-51-45-40-34-27-24-21-18-15-12-9-6-3)79-100-104(93,94)98-75-80(87)74-97-103(91,92)99-78-81(76-95-73-68-63-58-53-48-43-38-33-32-37-42-47-52-57-62-67-72-86)101-84(89)70-65-60-55-50-46-41-36-31-29-26-23-20-17-14-11-8-5-2/h16-21,25-29,32,34-37,39,41,49-50,54-55,72,80-82,87H,4-15,22-24,30-31,33,38,40,42-48,51-53,56-71,73-79H2,1-3H3,(H,91,92)(H,93,94)/b19-16-,20-17-,21-18-,28-25-,29-26-,34-27-,37-32-,39-35-,41-36-,54-49-,55-50-/t80-,81+,82+/m0/s1. The SMILES string of the molecule is CCCCC/C=C\C/C=C\C/C=C\C/C=C\CCCC(=O)OC[C@H](COP(=O)(O)OC[C@@H](O)COP(=O)(O)OC[C@@H](COCCCCCCCCC/C=C\CCCCCCC=O)OC(=O)CCC/C=C\C/C=C\C/C=C\C/C=C\CCCCC)OC(=O)CCCCCCC/C=C\C/C=C\CCCCC. The van der Waals surface area contributed by atoms with Crippen molar-refractivity contribution in [3.05, 3.63) is 134 Å². The molecule has 0 heterocycles. The molecule has 19 heteroatoms. The minimum atomic E-state index is -4.97. The third-order valence-corrected chi connectivity index (χ3v) is 18.5. The van der Waals surface area contributed by atoms with Crippen molar-refractivity contribution in [2.45, 2.75) is 334 Å². The van der Waals surface area contributed by atoms with E-state index in [0.29, 0.717) is 45.1 Å². The van der Waals surface area contributed by atoms with Crippen molar-refractivity contribution in [3.63, 3.8) is 0 Å². The molecule has 0 bridgehead atoms. The number of phosphoric acid groups is 2. The summed E-state index contributed by atoms with van der Waals surface area (Å²) in [6, 6.07) is 0. The minimum Gasteiger partial charge on any atom is -0.462 e. The second-order valence-electron chi connectivity index (χ2n) is 26.6. The maximum Gasteiger partial charge on any atom is 0.472 e. The first-order valence-corrected chi connectivity index (χ1v) is 43.4. The van der Waals surface area contributed by atoms with Crippen LogP contribution in [-0.2, 0) is 65.4 Å². The lowest BCUT2D eigenvalue weighted by molar-refractivity contribution is -0.161. The Bertz CT molecular complexity index is 2460. The third kappa shape index (κ3) is 77.0. The predicted molar refractivity (Wildman–Crippen MR) is 427 cm³/mol. The van der Waals surface area contributed by atoms with E-state index < -0.39 is 84.9 Å². The molecule has 17 nitrogen and oxygen atoms in total. The van der Waals surface area contributed by atoms with Gasteiger partial charge >= 0.3 is 33.6 Å². The van der Waals surface area contributed by atoms with E-state index in [0.717, 1.165) is 167 Å². The number of hydrogen-bond donors (Lipinski definition) is 3. The first kappa shape index (κ1) is 99.4. The second kappa shape index (κ2) is 78.0. The van der Waals surface area contributed by atoms with Crippen molar-refractivity contribution in [2.75, 3.05) is 46.2 Å². The van der Waals surface area contributed by atoms with Gasteiger partial charge in [-0.25, -0.2) is 9.13 Å². The largest absolute Gasteiger partial charge is 0.472 e. The number of carbonyl (C=O) groups is 4. The van der Waals surface area contributed by atoms with Gasteiger partial charge in [0.25, 0.3) is 0 Å². The van der Waals surface area contributed by atoms with E-state index >= 15 is 0 Å². The zero-order chi connectivity index (χ0) is 75.9. The van der Waals surface area contributed by atoms with E-state index in [1.165, 1.54) is 77.0 Å². The molecule has 0 aliphatic heterocycles. The topological polar surface area (TPSA) is 237 Å². The van der Waals surface area contributed by atoms with Crippen LogP contribution in [0.5, 0.6) is 0 Å². The molecule has 104 heavy (non-hydrogen) atoms. The first-order chi connectivity index (χ1) is 50.8. The maximum atomic E-state index is 13.1. The summed E-state index contributed by atoms with van der Waals surface area (Å²) in [4.78, 5) is 70.6. The summed E-state index contributed by atoms with van der Waals surface area (Å²) >= 11 is 0. The zero-order valence-corrected chi connectivity index (χ0v) is 66.7. The summed E-state index contributed by atoms with van der Waals surface area (Å²) in [7, 11) is -9.89. The van der Waals surface area contributed by atoms with E-state index in [1.54, 1.807) is 0 Å². The number of rotatable bonds is 77. The Kier molecular flexibility index (Phi) is 74.5. The van der Waals surface area contributed by atoms with Crippen LogP contribution in [0.4, 0.5) is 0 Å². The number of esters is 3. The number of ether oxygens (including phenoxy) is 4. The molecular formula is C85H144O17P2. The van der Waals surface area contributed by atoms with Crippen LogP contribution in [0.3, 0.4) is 0 Å². The lowest BCUT2D eigenvalue weighted by Crippen LogP contribution is -2.30. The van der Waals surface area contributed by atoms with Gasteiger partial charge in [0.05, 0.1) is 33.0 Å². The zero-order valence-electron chi connectivity index (χ0n) is 64.9.